The van der Waals surface area contributed by atoms with E-state index in [1.165, 1.54) is 0 Å². The molecule has 2 saturated heterocycles. The molecule has 0 aromatic rings. The van der Waals surface area contributed by atoms with Crippen LogP contribution in [-0.4, -0.2) is 54.2 Å². The first kappa shape index (κ1) is 11.0. The van der Waals surface area contributed by atoms with Crippen molar-refractivity contribution < 1.29 is 9.59 Å². The van der Waals surface area contributed by atoms with Crippen molar-refractivity contribution in [1.29, 1.82) is 0 Å². The Balaban J connectivity index is 2.29. The van der Waals surface area contributed by atoms with E-state index < -0.39 is 0 Å². The average Bonchev–Trinajstić information content (AvgIpc) is 2.22. The van der Waals surface area contributed by atoms with Gasteiger partial charge in [-0.15, -0.1) is 0 Å². The Labute approximate surface area is 95.0 Å². The minimum absolute atomic E-state index is 0.0618. The molecule has 2 N–H and O–H groups in total. The maximum atomic E-state index is 11.7. The molecule has 16 heavy (non-hydrogen) atoms. The second kappa shape index (κ2) is 3.54. The van der Waals surface area contributed by atoms with Gasteiger partial charge in [-0.25, -0.2) is 9.59 Å². The molecule has 0 aliphatic carbocycles. The Morgan fingerprint density at radius 2 is 1.56 bits per heavy atom. The molecule has 2 aliphatic rings. The van der Waals surface area contributed by atoms with E-state index in [-0.39, 0.29) is 36.2 Å². The van der Waals surface area contributed by atoms with Gasteiger partial charge in [0.15, 0.2) is 0 Å². The molecule has 4 atom stereocenters. The summed E-state index contributed by atoms with van der Waals surface area (Å²) in [5.74, 6) is 0.199. The molecule has 0 aromatic carbocycles. The Morgan fingerprint density at radius 3 is 2.19 bits per heavy atom. The highest BCUT2D eigenvalue weighted by molar-refractivity contribution is 5.80. The van der Waals surface area contributed by atoms with E-state index in [1.54, 1.807) is 23.9 Å². The van der Waals surface area contributed by atoms with Gasteiger partial charge < -0.3 is 20.4 Å². The number of nitrogens with one attached hydrogen (secondary N) is 2. The summed E-state index contributed by atoms with van der Waals surface area (Å²) in [6.07, 6.45) is -0.206. The third-order valence-electron chi connectivity index (χ3n) is 3.79. The van der Waals surface area contributed by atoms with Gasteiger partial charge in [0.1, 0.15) is 6.17 Å². The first-order chi connectivity index (χ1) is 7.43. The summed E-state index contributed by atoms with van der Waals surface area (Å²) in [5.41, 5.74) is 0. The summed E-state index contributed by atoms with van der Waals surface area (Å²) in [5, 5.41) is 5.76. The first-order valence-corrected chi connectivity index (χ1v) is 5.50. The highest BCUT2D eigenvalue weighted by atomic mass is 16.2. The van der Waals surface area contributed by atoms with E-state index in [0.717, 1.165) is 0 Å². The number of fused-ring (bicyclic) bond motifs is 1. The molecule has 0 saturated carbocycles. The van der Waals surface area contributed by atoms with Crippen LogP contribution in [0.4, 0.5) is 9.59 Å². The van der Waals surface area contributed by atoms with E-state index in [0.29, 0.717) is 0 Å². The number of rotatable bonds is 0. The number of hydrogen-bond donors (Lipinski definition) is 2. The topological polar surface area (TPSA) is 64.7 Å². The first-order valence-electron chi connectivity index (χ1n) is 5.50. The lowest BCUT2D eigenvalue weighted by Gasteiger charge is -2.51. The van der Waals surface area contributed by atoms with Crippen molar-refractivity contribution in [3.63, 3.8) is 0 Å². The second-order valence-corrected chi connectivity index (χ2v) is 4.67. The SMILES string of the molecule is C[C@@H]1NC(=O)N(C)[C@H]2NC(=O)N(C)[C@@H](C)[C@@H]12. The monoisotopic (exact) mass is 226 g/mol. The largest absolute Gasteiger partial charge is 0.335 e. The summed E-state index contributed by atoms with van der Waals surface area (Å²) in [6, 6.07) is -0.0862. The van der Waals surface area contributed by atoms with Crippen LogP contribution in [0.2, 0.25) is 0 Å². The van der Waals surface area contributed by atoms with Crippen LogP contribution in [-0.2, 0) is 0 Å². The van der Waals surface area contributed by atoms with Crippen LogP contribution in [0, 0.1) is 5.92 Å². The van der Waals surface area contributed by atoms with Crippen molar-refractivity contribution in [1.82, 2.24) is 20.4 Å². The third kappa shape index (κ3) is 1.40. The smallest absolute Gasteiger partial charge is 0.319 e. The van der Waals surface area contributed by atoms with Crippen molar-refractivity contribution in [2.24, 2.45) is 5.92 Å². The standard InChI is InChI=1S/C10H18N4O2/c1-5-7-6(2)13(3)10(16)12-8(7)14(4)9(15)11-5/h5-8H,1-4H3,(H,11,15)(H,12,16)/t5-,6-,7+,8+/m0/s1. The lowest BCUT2D eigenvalue weighted by Crippen LogP contribution is -2.73. The summed E-state index contributed by atoms with van der Waals surface area (Å²) in [7, 11) is 3.48. The molecule has 4 amide bonds. The molecule has 0 radical (unpaired) electrons. The van der Waals surface area contributed by atoms with E-state index in [1.807, 2.05) is 13.8 Å². The van der Waals surface area contributed by atoms with Gasteiger partial charge in [-0.2, -0.15) is 0 Å². The van der Waals surface area contributed by atoms with E-state index in [2.05, 4.69) is 10.6 Å². The fourth-order valence-electron chi connectivity index (χ4n) is 2.60. The molecule has 0 spiro atoms. The summed E-state index contributed by atoms with van der Waals surface area (Å²) < 4.78 is 0. The maximum Gasteiger partial charge on any atom is 0.319 e. The lowest BCUT2D eigenvalue weighted by molar-refractivity contribution is 0.0318. The highest BCUT2D eigenvalue weighted by Gasteiger charge is 2.47. The Morgan fingerprint density at radius 1 is 1.00 bits per heavy atom. The molecule has 2 rings (SSSR count). The van der Waals surface area contributed by atoms with Crippen LogP contribution >= 0.6 is 0 Å². The molecule has 0 aromatic heterocycles. The van der Waals surface area contributed by atoms with Crippen LogP contribution in [0.3, 0.4) is 0 Å². The van der Waals surface area contributed by atoms with Crippen LogP contribution < -0.4 is 10.6 Å². The van der Waals surface area contributed by atoms with Gasteiger partial charge >= 0.3 is 12.1 Å². The molecule has 2 fully saturated rings. The number of nitrogens with zero attached hydrogens (tertiary/aromatic N) is 2. The number of carbonyl (C=O) groups excluding carboxylic acids is 2. The minimum atomic E-state index is -0.206. The molecule has 6 nitrogen and oxygen atoms in total. The average molecular weight is 226 g/mol. The summed E-state index contributed by atoms with van der Waals surface area (Å²) in [4.78, 5) is 26.5. The zero-order valence-electron chi connectivity index (χ0n) is 10.0. The molecule has 90 valence electrons. The normalized spacial score (nSPS) is 39.0. The van der Waals surface area contributed by atoms with Crippen molar-refractivity contribution in [2.45, 2.75) is 32.1 Å². The zero-order valence-corrected chi connectivity index (χ0v) is 10.0. The van der Waals surface area contributed by atoms with Gasteiger partial charge in [0, 0.05) is 32.1 Å². The Kier molecular flexibility index (Phi) is 2.44. The summed E-state index contributed by atoms with van der Waals surface area (Å²) in [6.45, 7) is 3.99. The second-order valence-electron chi connectivity index (χ2n) is 4.67. The molecule has 2 heterocycles. The van der Waals surface area contributed by atoms with E-state index >= 15 is 0 Å². The number of amides is 4. The van der Waals surface area contributed by atoms with Gasteiger partial charge in [-0.1, -0.05) is 0 Å². The fraction of sp³-hybridized carbons (Fsp3) is 0.800. The minimum Gasteiger partial charge on any atom is -0.335 e. The lowest BCUT2D eigenvalue weighted by atomic mass is 9.86. The van der Waals surface area contributed by atoms with E-state index in [9.17, 15) is 9.59 Å². The highest BCUT2D eigenvalue weighted by Crippen LogP contribution is 2.27. The van der Waals surface area contributed by atoms with Gasteiger partial charge in [0.05, 0.1) is 0 Å². The van der Waals surface area contributed by atoms with Gasteiger partial charge in [-0.05, 0) is 13.8 Å². The van der Waals surface area contributed by atoms with Gasteiger partial charge in [0.25, 0.3) is 0 Å². The third-order valence-corrected chi connectivity index (χ3v) is 3.79. The maximum absolute atomic E-state index is 11.7. The molecule has 0 bridgehead atoms. The summed E-state index contributed by atoms with van der Waals surface area (Å²) >= 11 is 0. The predicted molar refractivity (Wildman–Crippen MR) is 58.8 cm³/mol. The predicted octanol–water partition coefficient (Wildman–Crippen LogP) is 0.0157. The number of hydrogen-bond acceptors (Lipinski definition) is 2. The van der Waals surface area contributed by atoms with Crippen molar-refractivity contribution in [3.8, 4) is 0 Å². The number of urea groups is 2. The Hall–Kier alpha value is -1.46. The van der Waals surface area contributed by atoms with Crippen LogP contribution in [0.5, 0.6) is 0 Å². The molecule has 6 heteroatoms. The Bertz CT molecular complexity index is 333. The van der Waals surface area contributed by atoms with Crippen LogP contribution in [0.1, 0.15) is 13.8 Å². The molecular weight excluding hydrogens is 208 g/mol. The zero-order chi connectivity index (χ0) is 12.0. The van der Waals surface area contributed by atoms with Crippen LogP contribution in [0.15, 0.2) is 0 Å². The molecule has 0 unspecified atom stereocenters. The van der Waals surface area contributed by atoms with Gasteiger partial charge in [0.2, 0.25) is 0 Å². The van der Waals surface area contributed by atoms with Gasteiger partial charge in [-0.3, -0.25) is 0 Å². The molecular formula is C10H18N4O2. The fourth-order valence-corrected chi connectivity index (χ4v) is 2.60. The van der Waals surface area contributed by atoms with Crippen molar-refractivity contribution >= 4 is 12.1 Å². The quantitative estimate of drug-likeness (QED) is 0.611. The van der Waals surface area contributed by atoms with Crippen LogP contribution in [0.25, 0.3) is 0 Å². The van der Waals surface area contributed by atoms with E-state index in [4.69, 9.17) is 0 Å². The molecule has 2 aliphatic heterocycles. The van der Waals surface area contributed by atoms with Crippen molar-refractivity contribution in [2.75, 3.05) is 14.1 Å². The number of carbonyl (C=O) groups is 2. The van der Waals surface area contributed by atoms with Crippen molar-refractivity contribution in [3.05, 3.63) is 0 Å².